The van der Waals surface area contributed by atoms with E-state index in [4.69, 9.17) is 11.0 Å². The van der Waals surface area contributed by atoms with Gasteiger partial charge in [0.25, 0.3) is 0 Å². The van der Waals surface area contributed by atoms with Crippen molar-refractivity contribution in [1.29, 1.82) is 5.26 Å². The maximum atomic E-state index is 8.71. The minimum atomic E-state index is 0.288. The Labute approximate surface area is 86.9 Å². The number of piperidine rings is 1. The highest BCUT2D eigenvalue weighted by atomic mass is 15.2. The summed E-state index contributed by atoms with van der Waals surface area (Å²) in [5, 5.41) is 8.71. The lowest BCUT2D eigenvalue weighted by molar-refractivity contribution is 0.119. The molecule has 1 heterocycles. The van der Waals surface area contributed by atoms with Gasteiger partial charge in [0, 0.05) is 18.6 Å². The zero-order chi connectivity index (χ0) is 10.6. The third-order valence-corrected chi connectivity index (χ3v) is 3.36. The van der Waals surface area contributed by atoms with E-state index in [9.17, 15) is 0 Å². The number of hydrogen-bond acceptors (Lipinski definition) is 3. The lowest BCUT2D eigenvalue weighted by atomic mass is 9.92. The molecule has 0 aliphatic carbocycles. The van der Waals surface area contributed by atoms with Crippen molar-refractivity contribution < 1.29 is 0 Å². The molecule has 0 aromatic rings. The fourth-order valence-electron chi connectivity index (χ4n) is 2.09. The van der Waals surface area contributed by atoms with E-state index < -0.39 is 0 Å². The highest BCUT2D eigenvalue weighted by Gasteiger charge is 2.26. The van der Waals surface area contributed by atoms with Crippen LogP contribution in [0.15, 0.2) is 0 Å². The summed E-state index contributed by atoms with van der Waals surface area (Å²) in [5.41, 5.74) is 6.03. The maximum Gasteiger partial charge on any atom is 0.0638 e. The third kappa shape index (κ3) is 2.70. The number of nitrogens with zero attached hydrogens (tertiary/aromatic N) is 2. The summed E-state index contributed by atoms with van der Waals surface area (Å²) in [6, 6.07) is 2.96. The lowest BCUT2D eigenvalue weighted by Gasteiger charge is -2.39. The number of hydrogen-bond donors (Lipinski definition) is 1. The van der Waals surface area contributed by atoms with Gasteiger partial charge in [0.05, 0.1) is 12.5 Å². The van der Waals surface area contributed by atoms with Crippen LogP contribution < -0.4 is 5.73 Å². The van der Waals surface area contributed by atoms with Crippen LogP contribution in [-0.2, 0) is 0 Å². The van der Waals surface area contributed by atoms with Gasteiger partial charge in [-0.05, 0) is 25.3 Å². The molecule has 3 nitrogen and oxygen atoms in total. The smallest absolute Gasteiger partial charge is 0.0638 e. The highest BCUT2D eigenvalue weighted by Crippen LogP contribution is 2.19. The van der Waals surface area contributed by atoms with Gasteiger partial charge in [0.1, 0.15) is 0 Å². The molecule has 0 amide bonds. The lowest BCUT2D eigenvalue weighted by Crippen LogP contribution is -2.51. The monoisotopic (exact) mass is 195 g/mol. The molecule has 1 fully saturated rings. The van der Waals surface area contributed by atoms with Crippen LogP contribution in [0, 0.1) is 17.2 Å². The maximum absolute atomic E-state index is 8.71. The first-order valence-electron chi connectivity index (χ1n) is 5.55. The topological polar surface area (TPSA) is 53.0 Å². The van der Waals surface area contributed by atoms with Crippen molar-refractivity contribution in [3.63, 3.8) is 0 Å². The van der Waals surface area contributed by atoms with Gasteiger partial charge in [0.15, 0.2) is 0 Å². The summed E-state index contributed by atoms with van der Waals surface area (Å²) in [4.78, 5) is 2.38. The van der Waals surface area contributed by atoms with Crippen molar-refractivity contribution in [1.82, 2.24) is 4.90 Å². The fourth-order valence-corrected chi connectivity index (χ4v) is 2.09. The molecule has 1 saturated heterocycles. The van der Waals surface area contributed by atoms with E-state index in [1.165, 1.54) is 6.42 Å². The first kappa shape index (κ1) is 11.5. The summed E-state index contributed by atoms with van der Waals surface area (Å²) < 4.78 is 0. The summed E-state index contributed by atoms with van der Waals surface area (Å²) in [5.74, 6) is 0.630. The van der Waals surface area contributed by atoms with Crippen LogP contribution in [0.5, 0.6) is 0 Å². The van der Waals surface area contributed by atoms with Gasteiger partial charge < -0.3 is 5.73 Å². The molecule has 0 aromatic carbocycles. The molecule has 1 aliphatic rings. The molecule has 0 saturated carbocycles. The normalized spacial score (nSPS) is 31.0. The van der Waals surface area contributed by atoms with Gasteiger partial charge in [-0.1, -0.05) is 13.8 Å². The van der Waals surface area contributed by atoms with Crippen molar-refractivity contribution in [3.05, 3.63) is 0 Å². The van der Waals surface area contributed by atoms with E-state index in [2.05, 4.69) is 24.8 Å². The summed E-state index contributed by atoms with van der Waals surface area (Å²) in [6.07, 6.45) is 2.86. The minimum absolute atomic E-state index is 0.288. The Hall–Kier alpha value is -0.590. The van der Waals surface area contributed by atoms with Crippen LogP contribution in [0.25, 0.3) is 0 Å². The van der Waals surface area contributed by atoms with Crippen molar-refractivity contribution >= 4 is 0 Å². The second-order valence-electron chi connectivity index (χ2n) is 4.35. The average Bonchev–Trinajstić information content (AvgIpc) is 2.19. The fraction of sp³-hybridized carbons (Fsp3) is 0.909. The van der Waals surface area contributed by atoms with Gasteiger partial charge in [0.2, 0.25) is 0 Å². The predicted molar refractivity (Wildman–Crippen MR) is 57.6 cm³/mol. The summed E-state index contributed by atoms with van der Waals surface area (Å²) in [7, 11) is 0. The standard InChI is InChI=1S/C11H21N3/c1-3-10(4-6-12)14-7-5-9(2)11(13)8-14/h9-11H,3-5,7-8,13H2,1-2H3. The van der Waals surface area contributed by atoms with Crippen molar-refractivity contribution in [2.24, 2.45) is 11.7 Å². The van der Waals surface area contributed by atoms with Crippen molar-refractivity contribution in [2.75, 3.05) is 13.1 Å². The van der Waals surface area contributed by atoms with Gasteiger partial charge in [-0.3, -0.25) is 4.90 Å². The summed E-state index contributed by atoms with van der Waals surface area (Å²) >= 11 is 0. The quantitative estimate of drug-likeness (QED) is 0.739. The molecule has 3 heteroatoms. The number of likely N-dealkylation sites (tertiary alicyclic amines) is 1. The Morgan fingerprint density at radius 2 is 2.36 bits per heavy atom. The second kappa shape index (κ2) is 5.33. The molecule has 1 rings (SSSR count). The van der Waals surface area contributed by atoms with Crippen molar-refractivity contribution in [3.8, 4) is 6.07 Å². The largest absolute Gasteiger partial charge is 0.326 e. The Morgan fingerprint density at radius 3 is 2.86 bits per heavy atom. The Balaban J connectivity index is 2.48. The minimum Gasteiger partial charge on any atom is -0.326 e. The van der Waals surface area contributed by atoms with Crippen LogP contribution in [0.1, 0.15) is 33.1 Å². The zero-order valence-corrected chi connectivity index (χ0v) is 9.24. The van der Waals surface area contributed by atoms with Crippen LogP contribution >= 0.6 is 0 Å². The van der Waals surface area contributed by atoms with Gasteiger partial charge in [-0.2, -0.15) is 5.26 Å². The highest BCUT2D eigenvalue weighted by molar-refractivity contribution is 4.88. The first-order valence-corrected chi connectivity index (χ1v) is 5.55. The van der Waals surface area contributed by atoms with Crippen LogP contribution in [0.4, 0.5) is 0 Å². The third-order valence-electron chi connectivity index (χ3n) is 3.36. The molecule has 80 valence electrons. The SMILES string of the molecule is CCC(CC#N)N1CCC(C)C(N)C1. The molecular formula is C11H21N3. The molecule has 14 heavy (non-hydrogen) atoms. The van der Waals surface area contributed by atoms with E-state index in [0.29, 0.717) is 18.4 Å². The first-order chi connectivity index (χ1) is 6.69. The Bertz CT molecular complexity index is 209. The molecule has 2 N–H and O–H groups in total. The average molecular weight is 195 g/mol. The Morgan fingerprint density at radius 1 is 1.64 bits per heavy atom. The van der Waals surface area contributed by atoms with Crippen LogP contribution in [0.2, 0.25) is 0 Å². The predicted octanol–water partition coefficient (Wildman–Crippen LogP) is 1.35. The molecule has 0 aromatic heterocycles. The number of rotatable bonds is 3. The van der Waals surface area contributed by atoms with E-state index in [1.54, 1.807) is 0 Å². The van der Waals surface area contributed by atoms with E-state index in [0.717, 1.165) is 19.5 Å². The zero-order valence-electron chi connectivity index (χ0n) is 9.24. The summed E-state index contributed by atoms with van der Waals surface area (Å²) in [6.45, 7) is 6.43. The number of nitriles is 1. The van der Waals surface area contributed by atoms with Gasteiger partial charge in [-0.25, -0.2) is 0 Å². The Kier molecular flexibility index (Phi) is 4.37. The van der Waals surface area contributed by atoms with Crippen molar-refractivity contribution in [2.45, 2.75) is 45.2 Å². The van der Waals surface area contributed by atoms with Crippen LogP contribution in [0.3, 0.4) is 0 Å². The number of nitrogens with two attached hydrogens (primary N) is 1. The molecule has 0 spiro atoms. The van der Waals surface area contributed by atoms with E-state index in [-0.39, 0.29) is 6.04 Å². The molecule has 0 bridgehead atoms. The van der Waals surface area contributed by atoms with Crippen LogP contribution in [-0.4, -0.2) is 30.1 Å². The molecule has 3 atom stereocenters. The molecule has 3 unspecified atom stereocenters. The second-order valence-corrected chi connectivity index (χ2v) is 4.35. The molecular weight excluding hydrogens is 174 g/mol. The molecule has 1 aliphatic heterocycles. The molecule has 0 radical (unpaired) electrons. The van der Waals surface area contributed by atoms with E-state index in [1.807, 2.05) is 0 Å². The van der Waals surface area contributed by atoms with Gasteiger partial charge >= 0.3 is 0 Å². The van der Waals surface area contributed by atoms with E-state index >= 15 is 0 Å². The van der Waals surface area contributed by atoms with Gasteiger partial charge in [-0.15, -0.1) is 0 Å².